The summed E-state index contributed by atoms with van der Waals surface area (Å²) >= 11 is 0. The summed E-state index contributed by atoms with van der Waals surface area (Å²) in [7, 11) is 0. The lowest BCUT2D eigenvalue weighted by atomic mass is 10.2. The first-order valence-electron chi connectivity index (χ1n) is 6.32. The van der Waals surface area contributed by atoms with Crippen molar-refractivity contribution in [1.82, 2.24) is 0 Å². The van der Waals surface area contributed by atoms with Gasteiger partial charge in [0.15, 0.2) is 0 Å². The number of benzene rings is 2. The summed E-state index contributed by atoms with van der Waals surface area (Å²) in [4.78, 5) is 0. The Kier molecular flexibility index (Phi) is 4.21. The van der Waals surface area contributed by atoms with Gasteiger partial charge in [0, 0.05) is 11.4 Å². The van der Waals surface area contributed by atoms with Crippen LogP contribution >= 0.6 is 0 Å². The lowest BCUT2D eigenvalue weighted by Gasteiger charge is -2.11. The highest BCUT2D eigenvalue weighted by Gasteiger charge is 2.03. The zero-order chi connectivity index (χ0) is 14.5. The van der Waals surface area contributed by atoms with E-state index in [2.05, 4.69) is 5.32 Å². The molecule has 1 N–H and O–H groups in total. The number of hydrogen-bond acceptors (Lipinski definition) is 3. The minimum Gasteiger partial charge on any atom is -0.491 e. The molecule has 0 heterocycles. The van der Waals surface area contributed by atoms with Gasteiger partial charge in [0.2, 0.25) is 0 Å². The van der Waals surface area contributed by atoms with Crippen LogP contribution < -0.4 is 10.1 Å². The number of hydrogen-bond donors (Lipinski definition) is 1. The van der Waals surface area contributed by atoms with Gasteiger partial charge in [0.05, 0.1) is 11.7 Å². The molecule has 0 saturated carbocycles. The lowest BCUT2D eigenvalue weighted by Crippen LogP contribution is -2.05. The van der Waals surface area contributed by atoms with E-state index in [0.717, 1.165) is 11.4 Å². The van der Waals surface area contributed by atoms with Crippen LogP contribution in [0.3, 0.4) is 0 Å². The summed E-state index contributed by atoms with van der Waals surface area (Å²) in [6.07, 6.45) is 0.126. The first-order valence-corrected chi connectivity index (χ1v) is 6.32. The van der Waals surface area contributed by atoms with Gasteiger partial charge < -0.3 is 10.1 Å². The van der Waals surface area contributed by atoms with Crippen molar-refractivity contribution in [2.24, 2.45) is 0 Å². The molecule has 102 valence electrons. The highest BCUT2D eigenvalue weighted by atomic mass is 19.1. The Hall–Kier alpha value is -2.54. The van der Waals surface area contributed by atoms with Crippen molar-refractivity contribution in [3.05, 3.63) is 53.8 Å². The van der Waals surface area contributed by atoms with Gasteiger partial charge in [0.25, 0.3) is 0 Å². The molecule has 2 aromatic rings. The largest absolute Gasteiger partial charge is 0.491 e. The molecule has 0 saturated heterocycles. The van der Waals surface area contributed by atoms with E-state index >= 15 is 0 Å². The van der Waals surface area contributed by atoms with Crippen LogP contribution in [0.4, 0.5) is 15.8 Å². The molecule has 4 heteroatoms. The van der Waals surface area contributed by atoms with E-state index in [-0.39, 0.29) is 11.7 Å². The maximum atomic E-state index is 13.5. The zero-order valence-electron chi connectivity index (χ0n) is 11.4. The van der Waals surface area contributed by atoms with Gasteiger partial charge in [-0.25, -0.2) is 4.39 Å². The second-order valence-corrected chi connectivity index (χ2v) is 4.62. The Balaban J connectivity index is 2.10. The second kappa shape index (κ2) is 6.07. The molecule has 0 amide bonds. The monoisotopic (exact) mass is 270 g/mol. The van der Waals surface area contributed by atoms with Crippen LogP contribution in [-0.4, -0.2) is 6.10 Å². The van der Waals surface area contributed by atoms with Crippen molar-refractivity contribution in [1.29, 1.82) is 5.26 Å². The predicted octanol–water partition coefficient (Wildman–Crippen LogP) is 4.23. The molecule has 0 aromatic heterocycles. The molecule has 0 aliphatic carbocycles. The molecule has 2 rings (SSSR count). The molecule has 20 heavy (non-hydrogen) atoms. The van der Waals surface area contributed by atoms with Crippen LogP contribution in [0.15, 0.2) is 42.5 Å². The minimum absolute atomic E-state index is 0.0382. The highest BCUT2D eigenvalue weighted by molar-refractivity contribution is 5.61. The van der Waals surface area contributed by atoms with E-state index in [1.54, 1.807) is 12.1 Å². The maximum Gasteiger partial charge on any atom is 0.143 e. The van der Waals surface area contributed by atoms with Crippen LogP contribution in [0, 0.1) is 17.1 Å². The molecule has 0 aliphatic heterocycles. The van der Waals surface area contributed by atoms with Crippen molar-refractivity contribution in [3.63, 3.8) is 0 Å². The lowest BCUT2D eigenvalue weighted by molar-refractivity contribution is 0.242. The fraction of sp³-hybridized carbons (Fsp3) is 0.188. The van der Waals surface area contributed by atoms with Crippen molar-refractivity contribution in [2.45, 2.75) is 20.0 Å². The Morgan fingerprint density at radius 1 is 1.10 bits per heavy atom. The quantitative estimate of drug-likeness (QED) is 0.904. The van der Waals surface area contributed by atoms with Crippen LogP contribution in [0.1, 0.15) is 19.4 Å². The molecule has 0 spiro atoms. The van der Waals surface area contributed by atoms with Crippen molar-refractivity contribution in [2.75, 3.05) is 5.32 Å². The molecule has 0 radical (unpaired) electrons. The van der Waals surface area contributed by atoms with Crippen LogP contribution in [0.5, 0.6) is 5.75 Å². The number of nitrogens with one attached hydrogen (secondary N) is 1. The topological polar surface area (TPSA) is 45.0 Å². The molecule has 2 aromatic carbocycles. The van der Waals surface area contributed by atoms with E-state index in [0.29, 0.717) is 5.69 Å². The van der Waals surface area contributed by atoms with E-state index < -0.39 is 5.82 Å². The highest BCUT2D eigenvalue weighted by Crippen LogP contribution is 2.22. The summed E-state index contributed by atoms with van der Waals surface area (Å²) in [5.74, 6) is 0.258. The SMILES string of the molecule is CC(C)Oc1ccc(Nc2ccc(C#N)c(F)c2)cc1. The Bertz CT molecular complexity index is 630. The van der Waals surface area contributed by atoms with Gasteiger partial charge in [-0.1, -0.05) is 0 Å². The van der Waals surface area contributed by atoms with Gasteiger partial charge in [0.1, 0.15) is 17.6 Å². The fourth-order valence-corrected chi connectivity index (χ4v) is 1.74. The van der Waals surface area contributed by atoms with Gasteiger partial charge in [-0.3, -0.25) is 0 Å². The molecule has 0 unspecified atom stereocenters. The third-order valence-electron chi connectivity index (χ3n) is 2.60. The molecular weight excluding hydrogens is 255 g/mol. The summed E-state index contributed by atoms with van der Waals surface area (Å²) in [6, 6.07) is 13.6. The average molecular weight is 270 g/mol. The smallest absolute Gasteiger partial charge is 0.143 e. The Morgan fingerprint density at radius 3 is 2.30 bits per heavy atom. The minimum atomic E-state index is -0.530. The summed E-state index contributed by atoms with van der Waals surface area (Å²) in [5, 5.41) is 11.7. The summed E-state index contributed by atoms with van der Waals surface area (Å²) in [5.41, 5.74) is 1.46. The van der Waals surface area contributed by atoms with Gasteiger partial charge in [-0.15, -0.1) is 0 Å². The first-order chi connectivity index (χ1) is 9.58. The Morgan fingerprint density at radius 2 is 1.75 bits per heavy atom. The van der Waals surface area contributed by atoms with E-state index in [1.165, 1.54) is 12.1 Å². The van der Waals surface area contributed by atoms with Crippen molar-refractivity contribution >= 4 is 11.4 Å². The Labute approximate surface area is 117 Å². The molecule has 0 atom stereocenters. The van der Waals surface area contributed by atoms with Crippen molar-refractivity contribution < 1.29 is 9.13 Å². The van der Waals surface area contributed by atoms with E-state index in [9.17, 15) is 4.39 Å². The summed E-state index contributed by atoms with van der Waals surface area (Å²) in [6.45, 7) is 3.93. The third kappa shape index (κ3) is 3.48. The number of nitrogens with zero attached hydrogens (tertiary/aromatic N) is 1. The number of ether oxygens (including phenoxy) is 1. The molecule has 0 aliphatic rings. The molecule has 0 bridgehead atoms. The second-order valence-electron chi connectivity index (χ2n) is 4.62. The zero-order valence-corrected chi connectivity index (χ0v) is 11.4. The van der Waals surface area contributed by atoms with E-state index in [4.69, 9.17) is 10.00 Å². The summed E-state index contributed by atoms with van der Waals surface area (Å²) < 4.78 is 19.0. The van der Waals surface area contributed by atoms with Gasteiger partial charge in [-0.2, -0.15) is 5.26 Å². The molecule has 3 nitrogen and oxygen atoms in total. The number of halogens is 1. The maximum absolute atomic E-state index is 13.5. The van der Waals surface area contributed by atoms with Crippen LogP contribution in [0.2, 0.25) is 0 Å². The van der Waals surface area contributed by atoms with Gasteiger partial charge in [-0.05, 0) is 56.3 Å². The van der Waals surface area contributed by atoms with Gasteiger partial charge >= 0.3 is 0 Å². The molecule has 0 fully saturated rings. The number of anilines is 2. The fourth-order valence-electron chi connectivity index (χ4n) is 1.74. The average Bonchev–Trinajstić information content (AvgIpc) is 2.41. The van der Waals surface area contributed by atoms with E-state index in [1.807, 2.05) is 38.1 Å². The molecular formula is C16H15FN2O. The number of rotatable bonds is 4. The standard InChI is InChI=1S/C16H15FN2O/c1-11(2)20-15-7-5-13(6-8-15)19-14-4-3-12(10-18)16(17)9-14/h3-9,11,19H,1-2H3. The predicted molar refractivity (Wildman–Crippen MR) is 76.6 cm³/mol. The first kappa shape index (κ1) is 13.9. The number of nitriles is 1. The normalized spacial score (nSPS) is 10.2. The third-order valence-corrected chi connectivity index (χ3v) is 2.60. The van der Waals surface area contributed by atoms with Crippen molar-refractivity contribution in [3.8, 4) is 11.8 Å². The van der Waals surface area contributed by atoms with Crippen LogP contribution in [0.25, 0.3) is 0 Å². The van der Waals surface area contributed by atoms with Crippen LogP contribution in [-0.2, 0) is 0 Å².